The molecule has 3 aromatic rings. The number of nitro groups is 1. The average Bonchev–Trinajstić information content (AvgIpc) is 3.17. The summed E-state index contributed by atoms with van der Waals surface area (Å²) in [5, 5.41) is 22.6. The van der Waals surface area contributed by atoms with Gasteiger partial charge in [-0.25, -0.2) is 0 Å². The van der Waals surface area contributed by atoms with Gasteiger partial charge in [-0.05, 0) is 41.3 Å². The Hall–Kier alpha value is -4.66. The van der Waals surface area contributed by atoms with Crippen molar-refractivity contribution in [2.45, 2.75) is 25.8 Å². The number of methoxy groups -OCH3 is 2. The second-order valence-electron chi connectivity index (χ2n) is 8.84. The van der Waals surface area contributed by atoms with Gasteiger partial charge in [-0.3, -0.25) is 24.6 Å². The van der Waals surface area contributed by atoms with E-state index in [0.29, 0.717) is 22.7 Å². The van der Waals surface area contributed by atoms with Gasteiger partial charge in [0.15, 0.2) is 11.5 Å². The standard InChI is InChI=1S/C28H26N2O7/c1-16(2)17-8-11-20(12-9-17)29-25(18-10-13-22(36-3)23(15-18)37-4)24(27(32)28(29)33)26(31)19-6-5-7-21(14-19)30(34)35/h5-16,25,31H,1-4H3/b26-24+. The van der Waals surface area contributed by atoms with Crippen molar-refractivity contribution in [3.63, 3.8) is 0 Å². The van der Waals surface area contributed by atoms with E-state index in [9.17, 15) is 24.8 Å². The molecule has 0 aromatic heterocycles. The van der Waals surface area contributed by atoms with Crippen LogP contribution in [0.4, 0.5) is 11.4 Å². The highest BCUT2D eigenvalue weighted by Crippen LogP contribution is 2.44. The molecule has 4 rings (SSSR count). The van der Waals surface area contributed by atoms with Gasteiger partial charge in [0, 0.05) is 23.4 Å². The Kier molecular flexibility index (Phi) is 6.97. The average molecular weight is 503 g/mol. The van der Waals surface area contributed by atoms with E-state index in [0.717, 1.165) is 11.6 Å². The highest BCUT2D eigenvalue weighted by molar-refractivity contribution is 6.51. The minimum atomic E-state index is -1.02. The van der Waals surface area contributed by atoms with E-state index < -0.39 is 28.4 Å². The first kappa shape index (κ1) is 25.4. The van der Waals surface area contributed by atoms with Crippen LogP contribution in [-0.2, 0) is 9.59 Å². The number of ketones is 1. The largest absolute Gasteiger partial charge is 0.507 e. The van der Waals surface area contributed by atoms with Crippen molar-refractivity contribution in [1.82, 2.24) is 0 Å². The molecule has 1 aliphatic rings. The van der Waals surface area contributed by atoms with Crippen molar-refractivity contribution in [3.05, 3.63) is 99.1 Å². The molecule has 1 unspecified atom stereocenters. The van der Waals surface area contributed by atoms with Gasteiger partial charge < -0.3 is 14.6 Å². The fourth-order valence-electron chi connectivity index (χ4n) is 4.38. The lowest BCUT2D eigenvalue weighted by molar-refractivity contribution is -0.384. The number of carbonyl (C=O) groups excluding carboxylic acids is 2. The maximum Gasteiger partial charge on any atom is 0.300 e. The number of Topliss-reactive ketones (excluding diaryl/α,β-unsaturated/α-hetero) is 1. The lowest BCUT2D eigenvalue weighted by Crippen LogP contribution is -2.29. The normalized spacial score (nSPS) is 16.8. The SMILES string of the molecule is COc1ccc(C2/C(=C(\O)c3cccc([N+](=O)[O-])c3)C(=O)C(=O)N2c2ccc(C(C)C)cc2)cc1OC. The summed E-state index contributed by atoms with van der Waals surface area (Å²) in [6.45, 7) is 4.09. The number of ether oxygens (including phenoxy) is 2. The molecule has 37 heavy (non-hydrogen) atoms. The number of hydrogen-bond acceptors (Lipinski definition) is 7. The van der Waals surface area contributed by atoms with Crippen LogP contribution in [0.1, 0.15) is 42.5 Å². The molecule has 0 bridgehead atoms. The molecule has 1 fully saturated rings. The van der Waals surface area contributed by atoms with Gasteiger partial charge in [-0.15, -0.1) is 0 Å². The molecule has 0 aliphatic carbocycles. The first-order valence-corrected chi connectivity index (χ1v) is 11.6. The topological polar surface area (TPSA) is 119 Å². The Balaban J connectivity index is 1.95. The molecule has 0 spiro atoms. The van der Waals surface area contributed by atoms with Crippen molar-refractivity contribution in [2.24, 2.45) is 0 Å². The maximum atomic E-state index is 13.4. The monoisotopic (exact) mass is 502 g/mol. The number of anilines is 1. The summed E-state index contributed by atoms with van der Waals surface area (Å²) in [6.07, 6.45) is 0. The number of carbonyl (C=O) groups is 2. The molecule has 1 aliphatic heterocycles. The summed E-state index contributed by atoms with van der Waals surface area (Å²) in [6, 6.07) is 16.5. The zero-order valence-electron chi connectivity index (χ0n) is 20.8. The molecule has 1 saturated heterocycles. The minimum Gasteiger partial charge on any atom is -0.507 e. The van der Waals surface area contributed by atoms with Gasteiger partial charge >= 0.3 is 0 Å². The Morgan fingerprint density at radius 2 is 1.65 bits per heavy atom. The van der Waals surface area contributed by atoms with Crippen LogP contribution >= 0.6 is 0 Å². The second-order valence-corrected chi connectivity index (χ2v) is 8.84. The third-order valence-corrected chi connectivity index (χ3v) is 6.34. The zero-order chi connectivity index (χ0) is 26.9. The molecule has 0 saturated carbocycles. The number of amides is 1. The predicted molar refractivity (Wildman–Crippen MR) is 138 cm³/mol. The Morgan fingerprint density at radius 1 is 0.973 bits per heavy atom. The molecule has 9 nitrogen and oxygen atoms in total. The van der Waals surface area contributed by atoms with Crippen LogP contribution in [0, 0.1) is 10.1 Å². The number of hydrogen-bond donors (Lipinski definition) is 1. The van der Waals surface area contributed by atoms with Crippen molar-refractivity contribution >= 4 is 28.8 Å². The van der Waals surface area contributed by atoms with Crippen LogP contribution in [0.25, 0.3) is 5.76 Å². The molecular weight excluding hydrogens is 476 g/mol. The zero-order valence-corrected chi connectivity index (χ0v) is 20.8. The van der Waals surface area contributed by atoms with Gasteiger partial charge in [0.1, 0.15) is 5.76 Å². The summed E-state index contributed by atoms with van der Waals surface area (Å²) < 4.78 is 10.8. The quantitative estimate of drug-likeness (QED) is 0.152. The van der Waals surface area contributed by atoms with E-state index in [2.05, 4.69) is 0 Å². The number of nitro benzene ring substituents is 1. The maximum absolute atomic E-state index is 13.4. The number of aliphatic hydroxyl groups excluding tert-OH is 1. The van der Waals surface area contributed by atoms with E-state index >= 15 is 0 Å². The first-order chi connectivity index (χ1) is 17.7. The van der Waals surface area contributed by atoms with E-state index in [1.807, 2.05) is 26.0 Å². The lowest BCUT2D eigenvalue weighted by Gasteiger charge is -2.26. The third kappa shape index (κ3) is 4.63. The number of aliphatic hydroxyl groups is 1. The molecular formula is C28H26N2O7. The number of nitrogens with zero attached hydrogens (tertiary/aromatic N) is 2. The summed E-state index contributed by atoms with van der Waals surface area (Å²) in [4.78, 5) is 38.7. The highest BCUT2D eigenvalue weighted by Gasteiger charge is 2.47. The van der Waals surface area contributed by atoms with Crippen LogP contribution in [-0.4, -0.2) is 35.9 Å². The summed E-state index contributed by atoms with van der Waals surface area (Å²) >= 11 is 0. The number of benzene rings is 3. The van der Waals surface area contributed by atoms with Crippen LogP contribution in [0.5, 0.6) is 11.5 Å². The summed E-state index contributed by atoms with van der Waals surface area (Å²) in [5.41, 5.74) is 1.60. The van der Waals surface area contributed by atoms with Gasteiger partial charge in [-0.1, -0.05) is 44.2 Å². The molecule has 1 amide bonds. The van der Waals surface area contributed by atoms with Gasteiger partial charge in [0.25, 0.3) is 17.4 Å². The van der Waals surface area contributed by atoms with Crippen LogP contribution in [0.3, 0.4) is 0 Å². The lowest BCUT2D eigenvalue weighted by atomic mass is 9.94. The van der Waals surface area contributed by atoms with Gasteiger partial charge in [0.2, 0.25) is 0 Å². The van der Waals surface area contributed by atoms with Gasteiger partial charge in [0.05, 0.1) is 30.8 Å². The van der Waals surface area contributed by atoms with E-state index in [4.69, 9.17) is 9.47 Å². The molecule has 1 atom stereocenters. The molecule has 9 heteroatoms. The minimum absolute atomic E-state index is 0.0489. The summed E-state index contributed by atoms with van der Waals surface area (Å²) in [7, 11) is 2.95. The van der Waals surface area contributed by atoms with Crippen molar-refractivity contribution in [1.29, 1.82) is 0 Å². The molecule has 1 N–H and O–H groups in total. The fourth-order valence-corrected chi connectivity index (χ4v) is 4.38. The smallest absolute Gasteiger partial charge is 0.300 e. The van der Waals surface area contributed by atoms with Crippen molar-refractivity contribution < 1.29 is 29.1 Å². The Labute approximate surface area is 213 Å². The van der Waals surface area contributed by atoms with Crippen LogP contribution in [0.15, 0.2) is 72.3 Å². The highest BCUT2D eigenvalue weighted by atomic mass is 16.6. The Morgan fingerprint density at radius 3 is 2.24 bits per heavy atom. The number of non-ortho nitro benzene ring substituents is 1. The van der Waals surface area contributed by atoms with Crippen LogP contribution in [0.2, 0.25) is 0 Å². The predicted octanol–water partition coefficient (Wildman–Crippen LogP) is 5.36. The fraction of sp³-hybridized carbons (Fsp3) is 0.214. The molecule has 1 heterocycles. The number of rotatable bonds is 7. The van der Waals surface area contributed by atoms with Gasteiger partial charge in [-0.2, -0.15) is 0 Å². The van der Waals surface area contributed by atoms with E-state index in [1.54, 1.807) is 30.3 Å². The third-order valence-electron chi connectivity index (χ3n) is 6.34. The summed E-state index contributed by atoms with van der Waals surface area (Å²) in [5.74, 6) is -1.16. The van der Waals surface area contributed by atoms with Crippen molar-refractivity contribution in [2.75, 3.05) is 19.1 Å². The molecule has 3 aromatic carbocycles. The molecule has 190 valence electrons. The van der Waals surface area contributed by atoms with E-state index in [1.165, 1.54) is 37.3 Å². The first-order valence-electron chi connectivity index (χ1n) is 11.6. The van der Waals surface area contributed by atoms with E-state index in [-0.39, 0.29) is 22.7 Å². The van der Waals surface area contributed by atoms with Crippen molar-refractivity contribution in [3.8, 4) is 11.5 Å². The molecule has 0 radical (unpaired) electrons. The van der Waals surface area contributed by atoms with Crippen LogP contribution < -0.4 is 14.4 Å². The second kappa shape index (κ2) is 10.1. The Bertz CT molecular complexity index is 1410.